The Labute approximate surface area is 135 Å². The van der Waals surface area contributed by atoms with Crippen LogP contribution in [0.1, 0.15) is 96.2 Å². The van der Waals surface area contributed by atoms with Crippen molar-refractivity contribution < 1.29 is 0 Å². The number of hydrogen-bond acceptors (Lipinski definition) is 2. The highest BCUT2D eigenvalue weighted by molar-refractivity contribution is 7.71. The van der Waals surface area contributed by atoms with Gasteiger partial charge in [0.1, 0.15) is 5.82 Å². The van der Waals surface area contributed by atoms with Crippen LogP contribution < -0.4 is 0 Å². The summed E-state index contributed by atoms with van der Waals surface area (Å²) in [5.41, 5.74) is 0. The van der Waals surface area contributed by atoms with Gasteiger partial charge in [0.25, 0.3) is 0 Å². The van der Waals surface area contributed by atoms with Gasteiger partial charge in [0.05, 0.1) is 0 Å². The van der Waals surface area contributed by atoms with Crippen molar-refractivity contribution in [3.8, 4) is 0 Å². The predicted molar refractivity (Wildman–Crippen MR) is 93.2 cm³/mol. The van der Waals surface area contributed by atoms with Crippen LogP contribution in [0.3, 0.4) is 0 Å². The van der Waals surface area contributed by atoms with E-state index in [9.17, 15) is 0 Å². The molecule has 1 aromatic heterocycles. The van der Waals surface area contributed by atoms with Crippen LogP contribution in [0.5, 0.6) is 0 Å². The molecule has 4 heteroatoms. The van der Waals surface area contributed by atoms with Gasteiger partial charge in [0.15, 0.2) is 0 Å². The molecule has 1 rings (SSSR count). The number of nitrogens with zero attached hydrogens (tertiary/aromatic N) is 1. The highest BCUT2D eigenvalue weighted by Gasteiger charge is 1.97. The lowest BCUT2D eigenvalue weighted by Gasteiger charge is -2.02. The summed E-state index contributed by atoms with van der Waals surface area (Å²) < 4.78 is 0.569. The highest BCUT2D eigenvalue weighted by Crippen LogP contribution is 2.12. The van der Waals surface area contributed by atoms with Crippen molar-refractivity contribution in [2.45, 2.75) is 96.8 Å². The van der Waals surface area contributed by atoms with E-state index in [1.807, 2.05) is 0 Å². The second-order valence-electron chi connectivity index (χ2n) is 6.11. The number of hydrogen-bond donors (Lipinski definition) is 2. The molecule has 21 heavy (non-hydrogen) atoms. The molecule has 122 valence electrons. The standard InChI is InChI=1S/C17H33N3S/c1-2-3-4-5-6-7-8-9-10-11-12-13-14-15-16-18-17(21)20-19-16/h2-15H2,1H3,(H2,18,19,20,21). The smallest absolute Gasteiger partial charge is 0.213 e. The topological polar surface area (TPSA) is 44.5 Å². The summed E-state index contributed by atoms with van der Waals surface area (Å²) in [4.78, 5) is 4.21. The second-order valence-corrected chi connectivity index (χ2v) is 6.49. The monoisotopic (exact) mass is 311 g/mol. The molecule has 0 aromatic carbocycles. The predicted octanol–water partition coefficient (Wildman–Crippen LogP) is 6.10. The van der Waals surface area contributed by atoms with Gasteiger partial charge in [-0.15, -0.1) is 0 Å². The highest BCUT2D eigenvalue weighted by atomic mass is 32.1. The summed E-state index contributed by atoms with van der Waals surface area (Å²) in [6, 6.07) is 0. The fourth-order valence-electron chi connectivity index (χ4n) is 2.73. The van der Waals surface area contributed by atoms with E-state index in [1.165, 1.54) is 83.5 Å². The molecule has 0 radical (unpaired) electrons. The van der Waals surface area contributed by atoms with E-state index in [0.717, 1.165) is 12.2 Å². The van der Waals surface area contributed by atoms with Gasteiger partial charge in [0.2, 0.25) is 4.77 Å². The van der Waals surface area contributed by atoms with Gasteiger partial charge < -0.3 is 0 Å². The average Bonchev–Trinajstić information content (AvgIpc) is 2.89. The van der Waals surface area contributed by atoms with Crippen LogP contribution in [0.2, 0.25) is 0 Å². The fourth-order valence-corrected chi connectivity index (χ4v) is 2.89. The van der Waals surface area contributed by atoms with Crippen LogP contribution in [0, 0.1) is 4.77 Å². The van der Waals surface area contributed by atoms with Crippen molar-refractivity contribution >= 4 is 12.2 Å². The van der Waals surface area contributed by atoms with Gasteiger partial charge in [-0.3, -0.25) is 10.2 Å². The van der Waals surface area contributed by atoms with Crippen molar-refractivity contribution in [3.05, 3.63) is 10.6 Å². The van der Waals surface area contributed by atoms with Crippen molar-refractivity contribution in [2.75, 3.05) is 0 Å². The van der Waals surface area contributed by atoms with Crippen LogP contribution in [0.4, 0.5) is 0 Å². The number of H-pyrrole nitrogens is 2. The third kappa shape index (κ3) is 10.7. The number of nitrogens with one attached hydrogen (secondary N) is 2. The fraction of sp³-hybridized carbons (Fsp3) is 0.882. The molecule has 3 nitrogen and oxygen atoms in total. The molecule has 2 N–H and O–H groups in total. The normalized spacial score (nSPS) is 11.1. The minimum Gasteiger partial charge on any atom is -0.286 e. The van der Waals surface area contributed by atoms with E-state index in [-0.39, 0.29) is 0 Å². The number of rotatable bonds is 14. The molecule has 0 saturated heterocycles. The lowest BCUT2D eigenvalue weighted by Crippen LogP contribution is -1.89. The Kier molecular flexibility index (Phi) is 11.4. The van der Waals surface area contributed by atoms with Crippen LogP contribution in [0.15, 0.2) is 0 Å². The number of aryl methyl sites for hydroxylation is 1. The first-order chi connectivity index (χ1) is 10.3. The first-order valence-electron chi connectivity index (χ1n) is 8.96. The minimum absolute atomic E-state index is 0.569. The van der Waals surface area contributed by atoms with Gasteiger partial charge in [-0.25, -0.2) is 4.98 Å². The Balaban J connectivity index is 1.75. The lowest BCUT2D eigenvalue weighted by molar-refractivity contribution is 0.538. The first-order valence-corrected chi connectivity index (χ1v) is 9.37. The minimum atomic E-state index is 0.569. The van der Waals surface area contributed by atoms with Gasteiger partial charge in [-0.05, 0) is 18.6 Å². The van der Waals surface area contributed by atoms with Gasteiger partial charge >= 0.3 is 0 Å². The first kappa shape index (κ1) is 18.4. The molecular formula is C17H33N3S. The molecule has 0 atom stereocenters. The van der Waals surface area contributed by atoms with Crippen molar-refractivity contribution in [2.24, 2.45) is 0 Å². The van der Waals surface area contributed by atoms with E-state index < -0.39 is 0 Å². The molecule has 0 saturated carbocycles. The molecule has 0 spiro atoms. The number of aromatic amines is 2. The van der Waals surface area contributed by atoms with Crippen molar-refractivity contribution in [3.63, 3.8) is 0 Å². The van der Waals surface area contributed by atoms with Gasteiger partial charge in [-0.2, -0.15) is 0 Å². The zero-order valence-electron chi connectivity index (χ0n) is 13.8. The Bertz CT molecular complexity index is 383. The van der Waals surface area contributed by atoms with Crippen LogP contribution in [-0.2, 0) is 6.42 Å². The van der Waals surface area contributed by atoms with E-state index in [1.54, 1.807) is 0 Å². The van der Waals surface area contributed by atoms with E-state index in [2.05, 4.69) is 22.1 Å². The summed E-state index contributed by atoms with van der Waals surface area (Å²) in [6.45, 7) is 2.28. The molecule has 0 aliphatic carbocycles. The average molecular weight is 312 g/mol. The molecule has 0 bridgehead atoms. The molecule has 1 heterocycles. The quantitative estimate of drug-likeness (QED) is 0.322. The van der Waals surface area contributed by atoms with Crippen molar-refractivity contribution in [1.29, 1.82) is 0 Å². The van der Waals surface area contributed by atoms with Crippen LogP contribution in [-0.4, -0.2) is 15.2 Å². The SMILES string of the molecule is CCCCCCCCCCCCCCCc1nc(=S)[nH][nH]1. The summed E-state index contributed by atoms with van der Waals surface area (Å²) in [5, 5.41) is 5.85. The number of unbranched alkanes of at least 4 members (excludes halogenated alkanes) is 12. The second kappa shape index (κ2) is 13.1. The molecule has 0 aliphatic heterocycles. The van der Waals surface area contributed by atoms with Crippen LogP contribution in [0.25, 0.3) is 0 Å². The molecule has 0 aliphatic rings. The Morgan fingerprint density at radius 2 is 1.19 bits per heavy atom. The maximum Gasteiger partial charge on any atom is 0.213 e. The van der Waals surface area contributed by atoms with E-state index in [0.29, 0.717) is 4.77 Å². The maximum absolute atomic E-state index is 4.94. The largest absolute Gasteiger partial charge is 0.286 e. The molecule has 0 fully saturated rings. The van der Waals surface area contributed by atoms with Crippen molar-refractivity contribution in [1.82, 2.24) is 15.2 Å². The Hall–Kier alpha value is -0.640. The summed E-state index contributed by atoms with van der Waals surface area (Å²) in [7, 11) is 0. The summed E-state index contributed by atoms with van der Waals surface area (Å²) in [5.74, 6) is 1.00. The summed E-state index contributed by atoms with van der Waals surface area (Å²) >= 11 is 4.94. The lowest BCUT2D eigenvalue weighted by atomic mass is 10.0. The Morgan fingerprint density at radius 3 is 1.62 bits per heavy atom. The third-order valence-electron chi connectivity index (χ3n) is 4.07. The van der Waals surface area contributed by atoms with E-state index >= 15 is 0 Å². The zero-order valence-corrected chi connectivity index (χ0v) is 14.6. The van der Waals surface area contributed by atoms with Gasteiger partial charge in [-0.1, -0.05) is 84.0 Å². The molecular weight excluding hydrogens is 278 g/mol. The maximum atomic E-state index is 4.94. The van der Waals surface area contributed by atoms with E-state index in [4.69, 9.17) is 12.2 Å². The Morgan fingerprint density at radius 1 is 0.714 bits per heavy atom. The molecule has 0 unspecified atom stereocenters. The van der Waals surface area contributed by atoms with Crippen LogP contribution >= 0.6 is 12.2 Å². The molecule has 0 amide bonds. The molecule has 1 aromatic rings. The van der Waals surface area contributed by atoms with Gasteiger partial charge in [0, 0.05) is 6.42 Å². The zero-order chi connectivity index (χ0) is 15.2. The third-order valence-corrected chi connectivity index (χ3v) is 4.26. The number of aromatic nitrogens is 3. The summed E-state index contributed by atoms with van der Waals surface area (Å²) in [6.07, 6.45) is 19.2.